The molecule has 0 aliphatic carbocycles. The lowest BCUT2D eigenvalue weighted by Crippen LogP contribution is -2.26. The molecule has 74 valence electrons. The fourth-order valence-electron chi connectivity index (χ4n) is 1.76. The minimum absolute atomic E-state index is 0.405. The summed E-state index contributed by atoms with van der Waals surface area (Å²) in [6, 6.07) is 8.26. The minimum atomic E-state index is 0.405. The summed E-state index contributed by atoms with van der Waals surface area (Å²) in [6.45, 7) is 3.13. The largest absolute Gasteiger partial charge is 0.372 e. The summed E-state index contributed by atoms with van der Waals surface area (Å²) in [4.78, 5) is 3.17. The van der Waals surface area contributed by atoms with Gasteiger partial charge in [-0.1, -0.05) is 31.3 Å². The van der Waals surface area contributed by atoms with Crippen LogP contribution in [-0.2, 0) is 0 Å². The van der Waals surface area contributed by atoms with Crippen LogP contribution < -0.4 is 10.2 Å². The normalized spacial score (nSPS) is 21.1. The van der Waals surface area contributed by atoms with E-state index in [2.05, 4.69) is 42.4 Å². The van der Waals surface area contributed by atoms with E-state index in [1.165, 1.54) is 5.69 Å². The fourth-order valence-corrected chi connectivity index (χ4v) is 1.94. The molecule has 1 aliphatic rings. The van der Waals surface area contributed by atoms with Gasteiger partial charge in [-0.3, -0.25) is 0 Å². The van der Waals surface area contributed by atoms with Crippen molar-refractivity contribution in [2.75, 3.05) is 23.8 Å². The van der Waals surface area contributed by atoms with Crippen LogP contribution in [0.3, 0.4) is 0 Å². The lowest BCUT2D eigenvalue weighted by atomic mass is 10.2. The molecule has 0 radical (unpaired) electrons. The van der Waals surface area contributed by atoms with E-state index in [-0.39, 0.29) is 0 Å². The van der Waals surface area contributed by atoms with Crippen LogP contribution in [0.5, 0.6) is 0 Å². The summed E-state index contributed by atoms with van der Waals surface area (Å²) in [6.07, 6.45) is 0. The van der Waals surface area contributed by atoms with Gasteiger partial charge in [-0.25, -0.2) is 0 Å². The van der Waals surface area contributed by atoms with Crippen molar-refractivity contribution in [3.8, 4) is 0 Å². The first-order valence-corrected chi connectivity index (χ1v) is 5.20. The summed E-state index contributed by atoms with van der Waals surface area (Å²) in [5.74, 6) is 0.405. The molecule has 14 heavy (non-hydrogen) atoms. The molecule has 0 amide bonds. The molecule has 0 saturated heterocycles. The van der Waals surface area contributed by atoms with E-state index in [9.17, 15) is 0 Å². The number of hydrogen-bond acceptors (Lipinski definition) is 2. The van der Waals surface area contributed by atoms with Gasteiger partial charge in [-0.15, -0.1) is 0 Å². The maximum Gasteiger partial charge on any atom is 0.0844 e. The van der Waals surface area contributed by atoms with Crippen LogP contribution in [0.4, 0.5) is 11.4 Å². The van der Waals surface area contributed by atoms with Crippen LogP contribution in [-0.4, -0.2) is 18.6 Å². The molecule has 1 aliphatic heterocycles. The highest BCUT2D eigenvalue weighted by Gasteiger charge is 2.19. The van der Waals surface area contributed by atoms with E-state index < -0.39 is 0 Å². The van der Waals surface area contributed by atoms with Gasteiger partial charge in [-0.2, -0.15) is 0 Å². The molecule has 0 bridgehead atoms. The summed E-state index contributed by atoms with van der Waals surface area (Å²) in [7, 11) is 2.10. The third-order valence-electron chi connectivity index (χ3n) is 2.57. The predicted molar refractivity (Wildman–Crippen MR) is 65.1 cm³/mol. The second kappa shape index (κ2) is 3.58. The molecule has 1 heterocycles. The van der Waals surface area contributed by atoms with Crippen molar-refractivity contribution in [1.29, 1.82) is 0 Å². The molecule has 1 aromatic rings. The fraction of sp³-hybridized carbons (Fsp3) is 0.364. The van der Waals surface area contributed by atoms with Gasteiger partial charge in [-0.05, 0) is 12.1 Å². The van der Waals surface area contributed by atoms with Crippen molar-refractivity contribution in [3.05, 3.63) is 24.3 Å². The zero-order valence-corrected chi connectivity index (χ0v) is 9.27. The van der Waals surface area contributed by atoms with E-state index in [0.29, 0.717) is 5.92 Å². The van der Waals surface area contributed by atoms with Crippen LogP contribution in [0, 0.1) is 5.92 Å². The van der Waals surface area contributed by atoms with Crippen LogP contribution in [0.1, 0.15) is 6.92 Å². The van der Waals surface area contributed by atoms with Crippen LogP contribution in [0.25, 0.3) is 0 Å². The Morgan fingerprint density at radius 2 is 2.14 bits per heavy atom. The molecule has 1 N–H and O–H groups in total. The number of thiocarbonyl (C=S) groups is 1. The van der Waals surface area contributed by atoms with E-state index >= 15 is 0 Å². The van der Waals surface area contributed by atoms with Crippen molar-refractivity contribution in [2.24, 2.45) is 5.92 Å². The maximum atomic E-state index is 5.31. The van der Waals surface area contributed by atoms with Gasteiger partial charge < -0.3 is 10.2 Å². The summed E-state index contributed by atoms with van der Waals surface area (Å²) < 4.78 is 0. The maximum absolute atomic E-state index is 5.31. The summed E-state index contributed by atoms with van der Waals surface area (Å²) in [5, 5.41) is 3.29. The number of nitrogens with zero attached hydrogens (tertiary/aromatic N) is 1. The number of benzene rings is 1. The van der Waals surface area contributed by atoms with Crippen LogP contribution in [0.15, 0.2) is 24.3 Å². The number of para-hydroxylation sites is 2. The molecule has 2 nitrogen and oxygen atoms in total. The lowest BCUT2D eigenvalue weighted by Gasteiger charge is -2.19. The van der Waals surface area contributed by atoms with Crippen LogP contribution >= 0.6 is 12.2 Å². The smallest absolute Gasteiger partial charge is 0.0844 e. The summed E-state index contributed by atoms with van der Waals surface area (Å²) in [5.41, 5.74) is 2.34. The highest BCUT2D eigenvalue weighted by atomic mass is 32.1. The van der Waals surface area contributed by atoms with E-state index in [1.807, 2.05) is 6.07 Å². The summed E-state index contributed by atoms with van der Waals surface area (Å²) >= 11 is 5.31. The molecule has 2 rings (SSSR count). The third-order valence-corrected chi connectivity index (χ3v) is 3.07. The van der Waals surface area contributed by atoms with E-state index in [4.69, 9.17) is 12.2 Å². The van der Waals surface area contributed by atoms with Gasteiger partial charge in [0.2, 0.25) is 0 Å². The Morgan fingerprint density at radius 1 is 1.43 bits per heavy atom. The average Bonchev–Trinajstić information content (AvgIpc) is 2.27. The van der Waals surface area contributed by atoms with E-state index in [1.54, 1.807) is 0 Å². The number of nitrogens with one attached hydrogen (secondary N) is 1. The first kappa shape index (κ1) is 9.46. The molecule has 1 aromatic carbocycles. The molecular formula is C11H14N2S. The number of rotatable bonds is 0. The number of fused-ring (bicyclic) bond motifs is 1. The molecule has 0 aromatic heterocycles. The van der Waals surface area contributed by atoms with Gasteiger partial charge in [0.25, 0.3) is 0 Å². The first-order valence-electron chi connectivity index (χ1n) is 4.79. The lowest BCUT2D eigenvalue weighted by molar-refractivity contribution is 0.754. The highest BCUT2D eigenvalue weighted by molar-refractivity contribution is 7.80. The van der Waals surface area contributed by atoms with Gasteiger partial charge in [0.05, 0.1) is 16.4 Å². The second-order valence-electron chi connectivity index (χ2n) is 3.79. The zero-order chi connectivity index (χ0) is 10.1. The quantitative estimate of drug-likeness (QED) is 0.657. The molecule has 1 atom stereocenters. The van der Waals surface area contributed by atoms with E-state index in [0.717, 1.165) is 17.2 Å². The number of hydrogen-bond donors (Lipinski definition) is 1. The van der Waals surface area contributed by atoms with Gasteiger partial charge in [0.1, 0.15) is 0 Å². The molecular weight excluding hydrogens is 192 g/mol. The monoisotopic (exact) mass is 206 g/mol. The average molecular weight is 206 g/mol. The van der Waals surface area contributed by atoms with Crippen molar-refractivity contribution in [2.45, 2.75) is 6.92 Å². The molecule has 1 unspecified atom stereocenters. The predicted octanol–water partition coefficient (Wildman–Crippen LogP) is 2.51. The Morgan fingerprint density at radius 3 is 2.93 bits per heavy atom. The first-order chi connectivity index (χ1) is 6.68. The van der Waals surface area contributed by atoms with Gasteiger partial charge in [0.15, 0.2) is 0 Å². The van der Waals surface area contributed by atoms with Gasteiger partial charge >= 0.3 is 0 Å². The SMILES string of the molecule is CC1CN(C)c2ccccc2NC1=S. The molecule has 0 fully saturated rings. The zero-order valence-electron chi connectivity index (χ0n) is 8.45. The molecule has 3 heteroatoms. The molecule has 0 spiro atoms. The Hall–Kier alpha value is -1.09. The van der Waals surface area contributed by atoms with Crippen LogP contribution in [0.2, 0.25) is 0 Å². The highest BCUT2D eigenvalue weighted by Crippen LogP contribution is 2.28. The number of anilines is 2. The molecule has 0 saturated carbocycles. The van der Waals surface area contributed by atoms with Crippen molar-refractivity contribution in [3.63, 3.8) is 0 Å². The van der Waals surface area contributed by atoms with Crippen molar-refractivity contribution >= 4 is 28.6 Å². The Balaban J connectivity index is 2.43. The van der Waals surface area contributed by atoms with Crippen molar-refractivity contribution < 1.29 is 0 Å². The van der Waals surface area contributed by atoms with Crippen molar-refractivity contribution in [1.82, 2.24) is 0 Å². The third kappa shape index (κ3) is 1.60. The second-order valence-corrected chi connectivity index (χ2v) is 4.23. The standard InChI is InChI=1S/C11H14N2S/c1-8-7-13(2)10-6-4-3-5-9(10)12-11(8)14/h3-6,8H,7H2,1-2H3,(H,12,14). The minimum Gasteiger partial charge on any atom is -0.372 e. The Labute approximate surface area is 89.9 Å². The topological polar surface area (TPSA) is 15.3 Å². The Bertz CT molecular complexity index is 362. The Kier molecular flexibility index (Phi) is 2.42. The van der Waals surface area contributed by atoms with Gasteiger partial charge in [0, 0.05) is 19.5 Å².